The van der Waals surface area contributed by atoms with Crippen molar-refractivity contribution in [1.29, 1.82) is 0 Å². The molecule has 13 heteroatoms. The van der Waals surface area contributed by atoms with Gasteiger partial charge in [0.05, 0.1) is 0 Å². The number of rotatable bonds is 0. The molecular formula is Cd3O8P2-6. The fourth-order valence-electron chi connectivity index (χ4n) is 0. The van der Waals surface area contributed by atoms with Crippen molar-refractivity contribution >= 4 is 15.6 Å². The van der Waals surface area contributed by atoms with E-state index in [0.29, 0.717) is 0 Å². The van der Waals surface area contributed by atoms with Crippen molar-refractivity contribution in [1.82, 2.24) is 0 Å². The fraction of sp³-hybridized carbons (Fsp3) is 0. The van der Waals surface area contributed by atoms with E-state index in [1.165, 1.54) is 0 Å². The Labute approximate surface area is 134 Å². The van der Waals surface area contributed by atoms with Crippen LogP contribution in [0.3, 0.4) is 0 Å². The summed E-state index contributed by atoms with van der Waals surface area (Å²) in [5.41, 5.74) is 0. The van der Waals surface area contributed by atoms with Gasteiger partial charge in [0.1, 0.15) is 0 Å². The third-order valence-electron chi connectivity index (χ3n) is 0. The van der Waals surface area contributed by atoms with Crippen LogP contribution < -0.4 is 29.4 Å². The van der Waals surface area contributed by atoms with Crippen molar-refractivity contribution in [2.24, 2.45) is 0 Å². The molecule has 0 atom stereocenters. The smallest absolute Gasteiger partial charge is 0 e. The van der Waals surface area contributed by atoms with Gasteiger partial charge >= 0.3 is 0 Å². The van der Waals surface area contributed by atoms with Crippen LogP contribution in [-0.4, -0.2) is 0 Å². The van der Waals surface area contributed by atoms with E-state index >= 15 is 0 Å². The summed E-state index contributed by atoms with van der Waals surface area (Å²) in [4.78, 5) is 51.3. The molecule has 0 amide bonds. The van der Waals surface area contributed by atoms with Crippen molar-refractivity contribution in [3.8, 4) is 0 Å². The first kappa shape index (κ1) is 29.7. The predicted octanol–water partition coefficient (Wildman–Crippen LogP) is -5.66. The van der Waals surface area contributed by atoms with Crippen molar-refractivity contribution in [2.45, 2.75) is 0 Å². The van der Waals surface area contributed by atoms with Gasteiger partial charge in [-0.25, -0.2) is 0 Å². The van der Waals surface area contributed by atoms with E-state index in [-0.39, 0.29) is 81.9 Å². The van der Waals surface area contributed by atoms with Gasteiger partial charge in [-0.05, 0) is 0 Å². The Balaban J connectivity index is -0.0000000267. The van der Waals surface area contributed by atoms with Gasteiger partial charge in [-0.2, -0.15) is 15.6 Å². The van der Waals surface area contributed by atoms with Crippen molar-refractivity contribution in [3.05, 3.63) is 0 Å². The molecule has 0 aliphatic rings. The van der Waals surface area contributed by atoms with Gasteiger partial charge in [0.15, 0.2) is 0 Å². The summed E-state index contributed by atoms with van der Waals surface area (Å²) in [6.45, 7) is 0. The second kappa shape index (κ2) is 13.1. The first-order chi connectivity index (χ1) is 4.00. The second-order valence-electron chi connectivity index (χ2n) is 0.894. The zero-order valence-corrected chi connectivity index (χ0v) is 20.2. The van der Waals surface area contributed by atoms with E-state index in [4.69, 9.17) is 38.5 Å². The molecule has 0 aliphatic heterocycles. The SMILES string of the molecule is O=P([O-])([O-])[O-].O=P([O-])([O-])[O-].[Cd].[Cd].[Cd]. The molecule has 0 aromatic carbocycles. The summed E-state index contributed by atoms with van der Waals surface area (Å²) in [5, 5.41) is 0. The van der Waals surface area contributed by atoms with Crippen LogP contribution in [0.25, 0.3) is 0 Å². The van der Waals surface area contributed by atoms with Gasteiger partial charge in [-0.15, -0.1) is 0 Å². The summed E-state index contributed by atoms with van der Waals surface area (Å²) in [5.74, 6) is 0. The molecule has 0 saturated heterocycles. The Hall–Kier alpha value is 2.99. The van der Waals surface area contributed by atoms with E-state index in [1.807, 2.05) is 0 Å². The van der Waals surface area contributed by atoms with E-state index < -0.39 is 15.6 Å². The molecule has 70 valence electrons. The van der Waals surface area contributed by atoms with Crippen LogP contribution in [0.5, 0.6) is 0 Å². The molecule has 0 aromatic rings. The molecule has 0 rings (SSSR count). The standard InChI is InChI=1S/3Cd.2H3O4P/c;;;2*1-5(2,3)4/h;;;2*(H3,1,2,3,4)/p-6. The summed E-state index contributed by atoms with van der Waals surface area (Å²) >= 11 is 0. The molecule has 0 fully saturated rings. The fourth-order valence-corrected chi connectivity index (χ4v) is 0. The Morgan fingerprint density at radius 2 is 0.538 bits per heavy atom. The average Bonchev–Trinajstić information content (AvgIpc) is 1.12. The Bertz CT molecular complexity index is 130. The normalized spacial score (nSPS) is 9.08. The van der Waals surface area contributed by atoms with Gasteiger partial charge in [0.25, 0.3) is 0 Å². The third kappa shape index (κ3) is 283. The maximum atomic E-state index is 8.55. The van der Waals surface area contributed by atoms with Crippen LogP contribution in [0.4, 0.5) is 0 Å². The van der Waals surface area contributed by atoms with Gasteiger partial charge in [-0.1, -0.05) is 0 Å². The summed E-state index contributed by atoms with van der Waals surface area (Å²) in [6.07, 6.45) is 0. The van der Waals surface area contributed by atoms with Crippen LogP contribution in [0.2, 0.25) is 0 Å². The van der Waals surface area contributed by atoms with Crippen LogP contribution in [0.1, 0.15) is 0 Å². The maximum absolute atomic E-state index is 8.55. The molecule has 0 radical (unpaired) electrons. The zero-order chi connectivity index (χ0) is 9.00. The largest absolute Gasteiger partial charge is 0.822 e. The first-order valence-corrected chi connectivity index (χ1v) is 4.38. The van der Waals surface area contributed by atoms with Gasteiger partial charge in [-0.3, -0.25) is 0 Å². The zero-order valence-electron chi connectivity index (χ0n) is 6.28. The molecule has 0 saturated carbocycles. The molecule has 0 unspecified atom stereocenters. The van der Waals surface area contributed by atoms with Gasteiger partial charge in [0.2, 0.25) is 0 Å². The Morgan fingerprint density at radius 1 is 0.538 bits per heavy atom. The van der Waals surface area contributed by atoms with Gasteiger partial charge < -0.3 is 38.5 Å². The van der Waals surface area contributed by atoms with E-state index in [0.717, 1.165) is 0 Å². The Morgan fingerprint density at radius 3 is 0.538 bits per heavy atom. The molecular weight excluding hydrogens is 527 g/mol. The van der Waals surface area contributed by atoms with Crippen molar-refractivity contribution in [3.63, 3.8) is 0 Å². The summed E-state index contributed by atoms with van der Waals surface area (Å²) < 4.78 is 17.1. The molecule has 0 aromatic heterocycles. The van der Waals surface area contributed by atoms with Crippen molar-refractivity contribution < 1.29 is 120 Å². The molecule has 8 nitrogen and oxygen atoms in total. The average molecular weight is 527 g/mol. The quantitative estimate of drug-likeness (QED) is 0.222. The van der Waals surface area contributed by atoms with E-state index in [9.17, 15) is 0 Å². The number of phosphoric acid groups is 2. The monoisotopic (exact) mass is 532 g/mol. The number of hydrogen-bond acceptors (Lipinski definition) is 8. The minimum absolute atomic E-state index is 0. The van der Waals surface area contributed by atoms with Crippen LogP contribution in [0.15, 0.2) is 0 Å². The van der Waals surface area contributed by atoms with E-state index in [1.54, 1.807) is 0 Å². The molecule has 0 bridgehead atoms. The predicted molar refractivity (Wildman–Crippen MR) is 15.2 cm³/mol. The first-order valence-electron chi connectivity index (χ1n) is 1.46. The Kier molecular flexibility index (Phi) is 29.9. The van der Waals surface area contributed by atoms with E-state index in [2.05, 4.69) is 0 Å². The van der Waals surface area contributed by atoms with Gasteiger partial charge in [0, 0.05) is 81.9 Å². The summed E-state index contributed by atoms with van der Waals surface area (Å²) in [6, 6.07) is 0. The van der Waals surface area contributed by atoms with Crippen LogP contribution in [0, 0.1) is 0 Å². The second-order valence-corrected chi connectivity index (χ2v) is 2.68. The molecule has 0 heterocycles. The molecule has 0 spiro atoms. The number of hydrogen-bond donors (Lipinski definition) is 0. The minimum atomic E-state index is -5.39. The molecule has 0 N–H and O–H groups in total. The maximum Gasteiger partial charge on any atom is 0 e. The molecule has 13 heavy (non-hydrogen) atoms. The third-order valence-corrected chi connectivity index (χ3v) is 0. The van der Waals surface area contributed by atoms with Crippen LogP contribution in [-0.2, 0) is 91.0 Å². The topological polar surface area (TPSA) is 172 Å². The molecule has 0 aliphatic carbocycles. The van der Waals surface area contributed by atoms with Crippen LogP contribution >= 0.6 is 15.6 Å². The summed E-state index contributed by atoms with van der Waals surface area (Å²) in [7, 11) is -10.8. The van der Waals surface area contributed by atoms with Crippen molar-refractivity contribution in [2.75, 3.05) is 0 Å². The minimum Gasteiger partial charge on any atom is -0.822 e.